The van der Waals surface area contributed by atoms with Crippen LogP contribution in [0.5, 0.6) is 0 Å². The largest absolute Gasteiger partial charge is 0.416 e. The summed E-state index contributed by atoms with van der Waals surface area (Å²) in [5.74, 6) is -1.61. The number of thiophene rings is 1. The normalized spacial score (nSPS) is 11.4. The number of nitrogens with zero attached hydrogens (tertiary/aromatic N) is 2. The second-order valence-corrected chi connectivity index (χ2v) is 9.88. The quantitative estimate of drug-likeness (QED) is 0.264. The molecule has 0 aliphatic rings. The van der Waals surface area contributed by atoms with Crippen LogP contribution in [0.3, 0.4) is 0 Å². The van der Waals surface area contributed by atoms with E-state index in [1.807, 2.05) is 47.2 Å². The Bertz CT molecular complexity index is 1480. The van der Waals surface area contributed by atoms with Gasteiger partial charge in [0.2, 0.25) is 5.91 Å². The third-order valence-corrected chi connectivity index (χ3v) is 7.14. The number of nitrogens with two attached hydrogens (primary N) is 1. The van der Waals surface area contributed by atoms with Crippen LogP contribution in [0.2, 0.25) is 0 Å². The van der Waals surface area contributed by atoms with Gasteiger partial charge in [0, 0.05) is 18.8 Å². The topological polar surface area (TPSA) is 85.4 Å². The van der Waals surface area contributed by atoms with Crippen molar-refractivity contribution in [3.8, 4) is 0 Å². The van der Waals surface area contributed by atoms with Crippen LogP contribution < -0.4 is 5.73 Å². The van der Waals surface area contributed by atoms with Gasteiger partial charge in [-0.2, -0.15) is 24.5 Å². The summed E-state index contributed by atoms with van der Waals surface area (Å²) in [6.07, 6.45) is -4.51. The molecule has 0 spiro atoms. The van der Waals surface area contributed by atoms with Gasteiger partial charge < -0.3 is 15.2 Å². The lowest BCUT2D eigenvalue weighted by molar-refractivity contribution is -0.138. The first-order chi connectivity index (χ1) is 18.5. The molecular formula is C29H26F3N3O3S. The molecule has 2 aromatic carbocycles. The number of hydrogen-bond donors (Lipinski definition) is 1. The van der Waals surface area contributed by atoms with E-state index in [4.69, 9.17) is 5.73 Å². The molecule has 2 aromatic heterocycles. The maximum Gasteiger partial charge on any atom is 0.416 e. The van der Waals surface area contributed by atoms with Crippen LogP contribution in [-0.2, 0) is 30.5 Å². The fourth-order valence-corrected chi connectivity index (χ4v) is 5.07. The van der Waals surface area contributed by atoms with E-state index in [1.54, 1.807) is 0 Å². The van der Waals surface area contributed by atoms with Crippen molar-refractivity contribution < 1.29 is 27.6 Å². The third kappa shape index (κ3) is 6.64. The Morgan fingerprint density at radius 1 is 0.974 bits per heavy atom. The standard InChI is InChI=1S/C29H26F3N3O3S/c1-19-23(28(33)38)14-25(35(19)16-22-9-5-6-10-24(22)29(30,31)32)26(36)17-34(15-20-7-3-2-4-8-20)27(37)13-21-11-12-39-18-21/h2-12,14,18H,13,15-17H2,1H3,(H2,33,38). The molecule has 0 radical (unpaired) electrons. The molecule has 0 atom stereocenters. The van der Waals surface area contributed by atoms with Gasteiger partial charge in [-0.3, -0.25) is 14.4 Å². The Kier molecular flexibility index (Phi) is 8.35. The van der Waals surface area contributed by atoms with E-state index in [-0.39, 0.29) is 54.5 Å². The minimum absolute atomic E-state index is 0.000303. The lowest BCUT2D eigenvalue weighted by Gasteiger charge is -2.23. The molecule has 4 rings (SSSR count). The van der Waals surface area contributed by atoms with Crippen molar-refractivity contribution in [2.45, 2.75) is 32.6 Å². The van der Waals surface area contributed by atoms with Crippen molar-refractivity contribution in [1.82, 2.24) is 9.47 Å². The minimum atomic E-state index is -4.60. The highest BCUT2D eigenvalue weighted by Crippen LogP contribution is 2.33. The zero-order valence-electron chi connectivity index (χ0n) is 21.1. The Morgan fingerprint density at radius 2 is 1.67 bits per heavy atom. The summed E-state index contributed by atoms with van der Waals surface area (Å²) in [6.45, 7) is 1.04. The van der Waals surface area contributed by atoms with Gasteiger partial charge in [0.15, 0.2) is 5.78 Å². The number of carbonyl (C=O) groups excluding carboxylic acids is 3. The van der Waals surface area contributed by atoms with E-state index in [2.05, 4.69) is 0 Å². The van der Waals surface area contributed by atoms with Crippen LogP contribution in [0.1, 0.15) is 48.8 Å². The van der Waals surface area contributed by atoms with Crippen molar-refractivity contribution in [2.24, 2.45) is 5.73 Å². The molecule has 2 heterocycles. The molecule has 202 valence electrons. The Hall–Kier alpha value is -4.18. The van der Waals surface area contributed by atoms with Crippen LogP contribution in [0, 0.1) is 6.92 Å². The highest BCUT2D eigenvalue weighted by Gasteiger charge is 2.33. The number of ketones is 1. The van der Waals surface area contributed by atoms with Gasteiger partial charge in [-0.1, -0.05) is 48.5 Å². The summed E-state index contributed by atoms with van der Waals surface area (Å²) in [4.78, 5) is 40.4. The van der Waals surface area contributed by atoms with Crippen LogP contribution >= 0.6 is 11.3 Å². The molecule has 39 heavy (non-hydrogen) atoms. The van der Waals surface area contributed by atoms with E-state index >= 15 is 0 Å². The lowest BCUT2D eigenvalue weighted by Crippen LogP contribution is -2.37. The zero-order chi connectivity index (χ0) is 28.2. The highest BCUT2D eigenvalue weighted by atomic mass is 32.1. The van der Waals surface area contributed by atoms with Crippen LogP contribution in [0.25, 0.3) is 0 Å². The molecule has 4 aromatic rings. The summed E-state index contributed by atoms with van der Waals surface area (Å²) in [5.41, 5.74) is 6.53. The summed E-state index contributed by atoms with van der Waals surface area (Å²) in [5, 5.41) is 3.71. The first-order valence-corrected chi connectivity index (χ1v) is 13.0. The number of rotatable bonds is 10. The van der Waals surface area contributed by atoms with E-state index < -0.39 is 23.4 Å². The highest BCUT2D eigenvalue weighted by molar-refractivity contribution is 7.08. The van der Waals surface area contributed by atoms with Crippen molar-refractivity contribution >= 4 is 28.9 Å². The molecule has 6 nitrogen and oxygen atoms in total. The number of aromatic nitrogens is 1. The van der Waals surface area contributed by atoms with Gasteiger partial charge in [0.1, 0.15) is 0 Å². The van der Waals surface area contributed by atoms with Crippen molar-refractivity contribution in [2.75, 3.05) is 6.54 Å². The number of hydrogen-bond acceptors (Lipinski definition) is 4. The number of alkyl halides is 3. The monoisotopic (exact) mass is 553 g/mol. The first kappa shape index (κ1) is 27.8. The summed E-state index contributed by atoms with van der Waals surface area (Å²) in [7, 11) is 0. The minimum Gasteiger partial charge on any atom is -0.366 e. The molecule has 2 N–H and O–H groups in total. The van der Waals surface area contributed by atoms with E-state index in [9.17, 15) is 27.6 Å². The number of amides is 2. The fraction of sp³-hybridized carbons (Fsp3) is 0.207. The predicted molar refractivity (Wildman–Crippen MR) is 142 cm³/mol. The van der Waals surface area contributed by atoms with Gasteiger partial charge in [-0.05, 0) is 52.6 Å². The molecule has 2 amide bonds. The molecule has 0 fully saturated rings. The summed E-state index contributed by atoms with van der Waals surface area (Å²) in [6, 6.07) is 17.3. The second-order valence-electron chi connectivity index (χ2n) is 9.10. The van der Waals surface area contributed by atoms with Crippen LogP contribution in [0.4, 0.5) is 13.2 Å². The van der Waals surface area contributed by atoms with Gasteiger partial charge in [0.25, 0.3) is 5.91 Å². The second kappa shape index (κ2) is 11.7. The molecule has 0 bridgehead atoms. The van der Waals surface area contributed by atoms with E-state index in [1.165, 1.54) is 52.0 Å². The van der Waals surface area contributed by atoms with Crippen LogP contribution in [0.15, 0.2) is 77.5 Å². The average molecular weight is 554 g/mol. The lowest BCUT2D eigenvalue weighted by atomic mass is 10.1. The van der Waals surface area contributed by atoms with Crippen molar-refractivity contribution in [3.63, 3.8) is 0 Å². The molecule has 10 heteroatoms. The number of carbonyl (C=O) groups is 3. The maximum absolute atomic E-state index is 13.7. The Labute approximate surface area is 227 Å². The SMILES string of the molecule is Cc1c(C(N)=O)cc(C(=O)CN(Cc2ccccc2)C(=O)Cc2ccsc2)n1Cc1ccccc1C(F)(F)F. The number of halogens is 3. The third-order valence-electron chi connectivity index (χ3n) is 6.41. The van der Waals surface area contributed by atoms with Gasteiger partial charge in [-0.25, -0.2) is 0 Å². The molecule has 0 unspecified atom stereocenters. The number of primary amides is 1. The molecule has 0 saturated heterocycles. The van der Waals surface area contributed by atoms with Crippen molar-refractivity contribution in [3.05, 3.63) is 117 Å². The molecule has 0 saturated carbocycles. The Morgan fingerprint density at radius 3 is 2.31 bits per heavy atom. The smallest absolute Gasteiger partial charge is 0.366 e. The first-order valence-electron chi connectivity index (χ1n) is 12.1. The Balaban J connectivity index is 1.69. The molecule has 0 aliphatic carbocycles. The average Bonchev–Trinajstić information content (AvgIpc) is 3.52. The maximum atomic E-state index is 13.7. The van der Waals surface area contributed by atoms with Gasteiger partial charge in [-0.15, -0.1) is 0 Å². The summed E-state index contributed by atoms with van der Waals surface area (Å²) < 4.78 is 42.4. The number of Topliss-reactive ketones (excluding diaryl/α,β-unsaturated/α-hetero) is 1. The zero-order valence-corrected chi connectivity index (χ0v) is 21.9. The molecule has 0 aliphatic heterocycles. The van der Waals surface area contributed by atoms with Crippen LogP contribution in [-0.4, -0.2) is 33.6 Å². The fourth-order valence-electron chi connectivity index (χ4n) is 4.40. The van der Waals surface area contributed by atoms with E-state index in [0.29, 0.717) is 0 Å². The van der Waals surface area contributed by atoms with Gasteiger partial charge in [0.05, 0.1) is 29.8 Å². The molecular weight excluding hydrogens is 527 g/mol. The van der Waals surface area contributed by atoms with Crippen molar-refractivity contribution in [1.29, 1.82) is 0 Å². The van der Waals surface area contributed by atoms with E-state index in [0.717, 1.165) is 17.2 Å². The summed E-state index contributed by atoms with van der Waals surface area (Å²) >= 11 is 1.46. The van der Waals surface area contributed by atoms with Gasteiger partial charge >= 0.3 is 6.18 Å². The number of benzene rings is 2. The predicted octanol–water partition coefficient (Wildman–Crippen LogP) is 5.48.